The van der Waals surface area contributed by atoms with E-state index in [0.29, 0.717) is 25.3 Å². The van der Waals surface area contributed by atoms with Crippen molar-refractivity contribution in [1.82, 2.24) is 4.31 Å². The third-order valence-electron chi connectivity index (χ3n) is 2.98. The number of sulfonamides is 1. The molecule has 0 saturated heterocycles. The molecule has 1 aromatic carbocycles. The summed E-state index contributed by atoms with van der Waals surface area (Å²) in [6.45, 7) is 4.56. The van der Waals surface area contributed by atoms with Crippen molar-refractivity contribution in [2.45, 2.75) is 24.2 Å². The van der Waals surface area contributed by atoms with Gasteiger partial charge in [-0.2, -0.15) is 0 Å². The molecular formula is C15H23NO4S. The number of allylic oxidation sites excluding steroid dienone is 1. The fourth-order valence-electron chi connectivity index (χ4n) is 1.72. The van der Waals surface area contributed by atoms with Gasteiger partial charge in [0.2, 0.25) is 10.0 Å². The van der Waals surface area contributed by atoms with Crippen LogP contribution in [0.1, 0.15) is 19.3 Å². The fourth-order valence-corrected chi connectivity index (χ4v) is 2.93. The van der Waals surface area contributed by atoms with Crippen LogP contribution in [-0.2, 0) is 10.0 Å². The predicted octanol–water partition coefficient (Wildman–Crippen LogP) is 2.03. The summed E-state index contributed by atoms with van der Waals surface area (Å²) in [5.41, 5.74) is 0. The molecule has 0 bridgehead atoms. The molecule has 0 radical (unpaired) electrons. The van der Waals surface area contributed by atoms with Gasteiger partial charge < -0.3 is 9.84 Å². The van der Waals surface area contributed by atoms with E-state index in [-0.39, 0.29) is 11.5 Å². The largest absolute Gasteiger partial charge is 0.494 e. The molecule has 0 aromatic heterocycles. The summed E-state index contributed by atoms with van der Waals surface area (Å²) in [7, 11) is -1.88. The second-order valence-corrected chi connectivity index (χ2v) is 6.70. The molecule has 0 unspecified atom stereocenters. The number of unbranched alkanes of at least 4 members (excludes halogenated alkanes) is 1. The van der Waals surface area contributed by atoms with Crippen molar-refractivity contribution in [2.24, 2.45) is 0 Å². The van der Waals surface area contributed by atoms with Gasteiger partial charge in [-0.3, -0.25) is 0 Å². The number of aliphatic hydroxyl groups is 1. The highest BCUT2D eigenvalue weighted by atomic mass is 32.2. The fraction of sp³-hybridized carbons (Fsp3) is 0.467. The van der Waals surface area contributed by atoms with E-state index >= 15 is 0 Å². The van der Waals surface area contributed by atoms with Gasteiger partial charge in [-0.1, -0.05) is 6.08 Å². The highest BCUT2D eigenvalue weighted by Gasteiger charge is 2.19. The lowest BCUT2D eigenvalue weighted by atomic mass is 10.3. The van der Waals surface area contributed by atoms with Gasteiger partial charge >= 0.3 is 0 Å². The van der Waals surface area contributed by atoms with Crippen molar-refractivity contribution in [2.75, 3.05) is 26.8 Å². The molecule has 0 saturated carbocycles. The summed E-state index contributed by atoms with van der Waals surface area (Å²) in [4.78, 5) is 0.248. The first-order chi connectivity index (χ1) is 10.0. The first-order valence-corrected chi connectivity index (χ1v) is 8.37. The zero-order valence-electron chi connectivity index (χ0n) is 12.4. The smallest absolute Gasteiger partial charge is 0.242 e. The topological polar surface area (TPSA) is 66.8 Å². The molecule has 1 N–H and O–H groups in total. The summed E-state index contributed by atoms with van der Waals surface area (Å²) >= 11 is 0. The molecule has 0 amide bonds. The van der Waals surface area contributed by atoms with Gasteiger partial charge in [-0.05, 0) is 37.1 Å². The van der Waals surface area contributed by atoms with Crippen LogP contribution in [0.2, 0.25) is 0 Å². The minimum Gasteiger partial charge on any atom is -0.494 e. The number of ether oxygens (including phenoxy) is 1. The molecule has 118 valence electrons. The van der Waals surface area contributed by atoms with E-state index in [2.05, 4.69) is 6.58 Å². The molecule has 0 aliphatic carbocycles. The van der Waals surface area contributed by atoms with Crippen LogP contribution in [0, 0.1) is 0 Å². The Morgan fingerprint density at radius 3 is 2.52 bits per heavy atom. The Labute approximate surface area is 126 Å². The van der Waals surface area contributed by atoms with Crippen molar-refractivity contribution in [3.63, 3.8) is 0 Å². The Morgan fingerprint density at radius 2 is 1.95 bits per heavy atom. The first-order valence-electron chi connectivity index (χ1n) is 6.93. The molecule has 0 atom stereocenters. The van der Waals surface area contributed by atoms with Crippen molar-refractivity contribution in [3.8, 4) is 5.75 Å². The number of benzene rings is 1. The summed E-state index contributed by atoms with van der Waals surface area (Å²) in [5.74, 6) is 0.594. The van der Waals surface area contributed by atoms with Gasteiger partial charge in [0, 0.05) is 26.6 Å². The van der Waals surface area contributed by atoms with E-state index in [1.807, 2.05) is 0 Å². The summed E-state index contributed by atoms with van der Waals surface area (Å²) < 4.78 is 31.4. The third-order valence-corrected chi connectivity index (χ3v) is 4.86. The zero-order valence-corrected chi connectivity index (χ0v) is 13.2. The number of hydrogen-bond acceptors (Lipinski definition) is 4. The standard InChI is InChI=1S/C15H23NO4S/c1-3-4-5-11-16(2)21(18,19)15-9-7-14(8-10-15)20-13-6-12-17/h3,7-10,17H,1,4-6,11-13H2,2H3. The van der Waals surface area contributed by atoms with Crippen molar-refractivity contribution in [1.29, 1.82) is 0 Å². The Bertz CT molecular complexity index is 525. The molecule has 0 heterocycles. The molecule has 1 aromatic rings. The van der Waals surface area contributed by atoms with E-state index in [4.69, 9.17) is 9.84 Å². The second-order valence-electron chi connectivity index (χ2n) is 4.65. The van der Waals surface area contributed by atoms with Crippen LogP contribution in [0.5, 0.6) is 5.75 Å². The lowest BCUT2D eigenvalue weighted by Gasteiger charge is -2.17. The second kappa shape index (κ2) is 8.81. The zero-order chi connectivity index (χ0) is 15.7. The van der Waals surface area contributed by atoms with Crippen molar-refractivity contribution >= 4 is 10.0 Å². The number of aliphatic hydroxyl groups excluding tert-OH is 1. The summed E-state index contributed by atoms with van der Waals surface area (Å²) in [5, 5.41) is 8.67. The molecule has 0 spiro atoms. The Morgan fingerprint density at radius 1 is 1.29 bits per heavy atom. The van der Waals surface area contributed by atoms with Gasteiger partial charge in [0.25, 0.3) is 0 Å². The van der Waals surface area contributed by atoms with Gasteiger partial charge in [0.1, 0.15) is 5.75 Å². The average Bonchev–Trinajstić information content (AvgIpc) is 2.48. The van der Waals surface area contributed by atoms with E-state index in [1.165, 1.54) is 16.4 Å². The van der Waals surface area contributed by atoms with Gasteiger partial charge in [0.15, 0.2) is 0 Å². The number of rotatable bonds is 10. The average molecular weight is 313 g/mol. The lowest BCUT2D eigenvalue weighted by Crippen LogP contribution is -2.27. The molecule has 21 heavy (non-hydrogen) atoms. The molecule has 5 nitrogen and oxygen atoms in total. The molecule has 0 aliphatic rings. The van der Waals surface area contributed by atoms with Crippen LogP contribution in [0.15, 0.2) is 41.8 Å². The minimum absolute atomic E-state index is 0.0714. The summed E-state index contributed by atoms with van der Waals surface area (Å²) in [6, 6.07) is 6.32. The third kappa shape index (κ3) is 5.49. The normalized spacial score (nSPS) is 11.6. The monoisotopic (exact) mass is 313 g/mol. The Hall–Kier alpha value is -1.37. The van der Waals surface area contributed by atoms with Crippen LogP contribution in [0.25, 0.3) is 0 Å². The van der Waals surface area contributed by atoms with E-state index in [9.17, 15) is 8.42 Å². The van der Waals surface area contributed by atoms with Gasteiger partial charge in [0.05, 0.1) is 11.5 Å². The maximum Gasteiger partial charge on any atom is 0.242 e. The predicted molar refractivity (Wildman–Crippen MR) is 82.9 cm³/mol. The van der Waals surface area contributed by atoms with Crippen molar-refractivity contribution < 1.29 is 18.3 Å². The van der Waals surface area contributed by atoms with Crippen LogP contribution in [-0.4, -0.2) is 44.6 Å². The number of nitrogens with zero attached hydrogens (tertiary/aromatic N) is 1. The molecular weight excluding hydrogens is 290 g/mol. The Kier molecular flexibility index (Phi) is 7.42. The SMILES string of the molecule is C=CCCCN(C)S(=O)(=O)c1ccc(OCCCO)cc1. The molecule has 0 fully saturated rings. The van der Waals surface area contributed by atoms with E-state index in [0.717, 1.165) is 12.8 Å². The molecule has 1 rings (SSSR count). The quantitative estimate of drug-likeness (QED) is 0.530. The van der Waals surface area contributed by atoms with E-state index in [1.54, 1.807) is 25.3 Å². The minimum atomic E-state index is -3.46. The lowest BCUT2D eigenvalue weighted by molar-refractivity contribution is 0.233. The maximum atomic E-state index is 12.3. The van der Waals surface area contributed by atoms with Gasteiger partial charge in [-0.25, -0.2) is 12.7 Å². The molecule has 6 heteroatoms. The van der Waals surface area contributed by atoms with Crippen LogP contribution >= 0.6 is 0 Å². The maximum absolute atomic E-state index is 12.3. The van der Waals surface area contributed by atoms with Gasteiger partial charge in [-0.15, -0.1) is 6.58 Å². The summed E-state index contributed by atoms with van der Waals surface area (Å²) in [6.07, 6.45) is 3.87. The van der Waals surface area contributed by atoms with Crippen molar-refractivity contribution in [3.05, 3.63) is 36.9 Å². The number of hydrogen-bond donors (Lipinski definition) is 1. The molecule has 0 aliphatic heterocycles. The first kappa shape index (κ1) is 17.7. The van der Waals surface area contributed by atoms with Crippen LogP contribution in [0.4, 0.5) is 0 Å². The Balaban J connectivity index is 2.68. The van der Waals surface area contributed by atoms with E-state index < -0.39 is 10.0 Å². The van der Waals surface area contributed by atoms with Crippen LogP contribution < -0.4 is 4.74 Å². The van der Waals surface area contributed by atoms with Crippen LogP contribution in [0.3, 0.4) is 0 Å². The highest BCUT2D eigenvalue weighted by Crippen LogP contribution is 2.19. The highest BCUT2D eigenvalue weighted by molar-refractivity contribution is 7.89.